The molecule has 0 saturated carbocycles. The van der Waals surface area contributed by atoms with Crippen LogP contribution in [0.1, 0.15) is 117 Å². The van der Waals surface area contributed by atoms with Crippen LogP contribution in [0.25, 0.3) is 45.5 Å². The van der Waals surface area contributed by atoms with Gasteiger partial charge in [0, 0.05) is 127 Å². The number of allylic oxidation sites excluding steroid dienone is 10. The molecule has 15 nitrogen and oxygen atoms in total. The molecule has 15 heteroatoms. The van der Waals surface area contributed by atoms with E-state index in [9.17, 15) is 19.2 Å². The van der Waals surface area contributed by atoms with Gasteiger partial charge in [0.2, 0.25) is 16.7 Å². The zero-order valence-electron chi connectivity index (χ0n) is 52.9. The number of fused-ring (bicyclic) bond motifs is 7. The standard InChI is InChI=1S/C38H40N4O2.C20H24N2O2.C9H10NO.C4H6O3.CH4/c1-37(2)25-23-30-26(24-29(25)39(5)33(37)19-13-21-35-41(7)27-15-9-11-17-31(27)43-35)38(3,4)34(40(30)6)20-14-22-36-42(8)28-16-10-12-18-32(28)44-36;1-19(2)13-11-16-14(12-15(13)21(5)17(19)7-9-23)20(3,4)18(8-10-24)22(16)6;1-7-10(2)8-5-3-4-6-9(8)11-7;1-3(5)7-4(2)6;/h9-24H,1-8H3;7-12H,1-6H3;3-6H,1-2H3;1-2H3;1H4/q+2;;+1;;/b;17-7+,18-8+;;;. The number of benzene rings is 5. The number of likely N-dealkylation sites (N-methyl/N-ethyl adjacent to an activating group) is 4. The summed E-state index contributed by atoms with van der Waals surface area (Å²) in [6, 6.07) is 33.5. The second-order valence-electron chi connectivity index (χ2n) is 24.4. The fourth-order valence-corrected chi connectivity index (χ4v) is 12.8. The molecule has 0 amide bonds. The molecule has 0 fully saturated rings. The van der Waals surface area contributed by atoms with E-state index in [0.717, 1.165) is 86.3 Å². The molecule has 0 N–H and O–H groups in total. The highest BCUT2D eigenvalue weighted by atomic mass is 16.6. The summed E-state index contributed by atoms with van der Waals surface area (Å²) in [6.07, 6.45) is 17.8. The maximum absolute atomic E-state index is 11.1. The van der Waals surface area contributed by atoms with Gasteiger partial charge in [-0.15, -0.1) is 0 Å². The minimum absolute atomic E-state index is 0. The van der Waals surface area contributed by atoms with Crippen molar-refractivity contribution in [3.63, 3.8) is 0 Å². The molecule has 7 heterocycles. The highest BCUT2D eigenvalue weighted by Gasteiger charge is 2.46. The normalized spacial score (nSPS) is 18.1. The molecule has 0 unspecified atom stereocenters. The van der Waals surface area contributed by atoms with Crippen molar-refractivity contribution in [2.75, 3.05) is 47.8 Å². The largest absolute Gasteiger partial charge is 0.402 e. The van der Waals surface area contributed by atoms with Gasteiger partial charge in [-0.05, 0) is 89.0 Å². The van der Waals surface area contributed by atoms with Crippen LogP contribution in [-0.4, -0.2) is 52.7 Å². The van der Waals surface area contributed by atoms with Crippen LogP contribution in [0.2, 0.25) is 0 Å². The number of aldehydes is 2. The van der Waals surface area contributed by atoms with E-state index in [1.807, 2.05) is 120 Å². The Morgan fingerprint density at radius 1 is 0.448 bits per heavy atom. The second-order valence-corrected chi connectivity index (χ2v) is 24.4. The lowest BCUT2D eigenvalue weighted by atomic mass is 9.80. The number of oxazole rings is 3. The van der Waals surface area contributed by atoms with Gasteiger partial charge < -0.3 is 37.6 Å². The first-order valence-electron chi connectivity index (χ1n) is 28.8. The van der Waals surface area contributed by atoms with E-state index in [-0.39, 0.29) is 29.1 Å². The third-order valence-corrected chi connectivity index (χ3v) is 17.6. The van der Waals surface area contributed by atoms with Gasteiger partial charge in [-0.1, -0.05) is 111 Å². The number of anilines is 4. The number of para-hydroxylation sites is 6. The van der Waals surface area contributed by atoms with Crippen LogP contribution in [0.3, 0.4) is 0 Å². The lowest BCUT2D eigenvalue weighted by molar-refractivity contribution is -0.657. The quantitative estimate of drug-likeness (QED) is 0.0514. The van der Waals surface area contributed by atoms with Gasteiger partial charge in [0.15, 0.2) is 0 Å². The summed E-state index contributed by atoms with van der Waals surface area (Å²) < 4.78 is 27.8. The number of esters is 2. The maximum atomic E-state index is 11.1. The van der Waals surface area contributed by atoms with E-state index in [1.165, 1.54) is 58.9 Å². The van der Waals surface area contributed by atoms with Crippen molar-refractivity contribution in [1.82, 2.24) is 0 Å². The number of carbonyl (C=O) groups excluding carboxylic acids is 4. The molecular weight excluding hydrogens is 1090 g/mol. The average molecular weight is 1180 g/mol. The van der Waals surface area contributed by atoms with E-state index >= 15 is 0 Å². The molecule has 0 radical (unpaired) electrons. The van der Waals surface area contributed by atoms with Crippen molar-refractivity contribution in [3.8, 4) is 0 Å². The molecule has 0 bridgehead atoms. The molecule has 5 aromatic carbocycles. The topological polar surface area (TPSA) is 142 Å². The minimum Gasteiger partial charge on any atom is -0.402 e. The Morgan fingerprint density at radius 3 is 0.989 bits per heavy atom. The van der Waals surface area contributed by atoms with Crippen LogP contribution < -0.4 is 33.3 Å². The fraction of sp³-hybridized carbons (Fsp3) is 0.319. The number of carbonyl (C=O) groups is 4. The molecule has 3 aromatic heterocycles. The van der Waals surface area contributed by atoms with Gasteiger partial charge in [-0.2, -0.15) is 13.7 Å². The zero-order valence-corrected chi connectivity index (χ0v) is 52.9. The third kappa shape index (κ3) is 11.4. The molecule has 4 aliphatic rings. The molecular formula is C72H84N7O8+3. The van der Waals surface area contributed by atoms with Crippen LogP contribution in [0.4, 0.5) is 22.7 Å². The number of hydrogen-bond donors (Lipinski definition) is 0. The molecule has 87 heavy (non-hydrogen) atoms. The van der Waals surface area contributed by atoms with Gasteiger partial charge in [-0.25, -0.2) is 0 Å². The van der Waals surface area contributed by atoms with E-state index in [1.54, 1.807) is 12.2 Å². The van der Waals surface area contributed by atoms with Crippen molar-refractivity contribution in [1.29, 1.82) is 0 Å². The zero-order chi connectivity index (χ0) is 62.5. The predicted octanol–water partition coefficient (Wildman–Crippen LogP) is 13.1. The number of ether oxygens (including phenoxy) is 1. The van der Waals surface area contributed by atoms with Crippen LogP contribution in [0, 0.1) is 6.92 Å². The monoisotopic (exact) mass is 1170 g/mol. The molecule has 4 aliphatic heterocycles. The summed E-state index contributed by atoms with van der Waals surface area (Å²) in [5.41, 5.74) is 19.6. The van der Waals surface area contributed by atoms with Gasteiger partial charge >= 0.3 is 29.6 Å². The smallest absolute Gasteiger partial charge is 0.373 e. The molecule has 12 rings (SSSR count). The molecule has 452 valence electrons. The molecule has 0 spiro atoms. The Balaban J connectivity index is 0.000000189. The Hall–Kier alpha value is -9.37. The first-order valence-corrected chi connectivity index (χ1v) is 28.8. The Morgan fingerprint density at radius 2 is 0.724 bits per heavy atom. The van der Waals surface area contributed by atoms with Crippen molar-refractivity contribution >= 4 is 92.7 Å². The summed E-state index contributed by atoms with van der Waals surface area (Å²) in [5.74, 6) is 1.46. The highest BCUT2D eigenvalue weighted by Crippen LogP contribution is 2.56. The number of rotatable bonds is 6. The fourth-order valence-electron chi connectivity index (χ4n) is 12.8. The summed E-state index contributed by atoms with van der Waals surface area (Å²) in [6.45, 7) is 22.1. The van der Waals surface area contributed by atoms with Crippen molar-refractivity contribution in [3.05, 3.63) is 196 Å². The van der Waals surface area contributed by atoms with Gasteiger partial charge in [-0.3, -0.25) is 19.2 Å². The average Bonchev–Trinajstić information content (AvgIpc) is 1.57. The van der Waals surface area contributed by atoms with Gasteiger partial charge in [0.1, 0.15) is 33.7 Å². The van der Waals surface area contributed by atoms with Crippen molar-refractivity contribution < 1.29 is 50.9 Å². The predicted molar refractivity (Wildman–Crippen MR) is 347 cm³/mol. The number of nitrogens with zero attached hydrogens (tertiary/aromatic N) is 7. The summed E-state index contributed by atoms with van der Waals surface area (Å²) in [7, 11) is 14.4. The first-order chi connectivity index (χ1) is 40.6. The van der Waals surface area contributed by atoms with Crippen LogP contribution in [-0.2, 0) is 66.7 Å². The minimum atomic E-state index is -0.562. The number of aromatic nitrogens is 3. The number of hydrogen-bond acceptors (Lipinski definition) is 12. The Labute approximate surface area is 511 Å². The van der Waals surface area contributed by atoms with E-state index in [0.29, 0.717) is 0 Å². The van der Waals surface area contributed by atoms with Crippen LogP contribution in [0.5, 0.6) is 0 Å². The van der Waals surface area contributed by atoms with Crippen molar-refractivity contribution in [2.24, 2.45) is 21.1 Å². The Kier molecular flexibility index (Phi) is 17.7. The summed E-state index contributed by atoms with van der Waals surface area (Å²) in [4.78, 5) is 50.6. The van der Waals surface area contributed by atoms with E-state index in [2.05, 4.69) is 164 Å². The van der Waals surface area contributed by atoms with Gasteiger partial charge in [0.05, 0.1) is 19.1 Å². The van der Waals surface area contributed by atoms with Crippen molar-refractivity contribution in [2.45, 2.75) is 105 Å². The Bertz CT molecular complexity index is 4000. The molecule has 0 aliphatic carbocycles. The molecule has 0 saturated heterocycles. The van der Waals surface area contributed by atoms with E-state index in [4.69, 9.17) is 13.3 Å². The summed E-state index contributed by atoms with van der Waals surface area (Å²) in [5, 5.41) is 0. The second kappa shape index (κ2) is 24.2. The SMILES string of the molecule is C.CC(=O)OC(C)=O.CN1/C(=C/C=O)C(C)(C)c2cc3c(cc21)C(C)(C)/C(=C\C=O)N3C.CN1C(=CC=Cc2oc3ccccc3[n+]2C)C(C)(C)c2cc3c(cc21)C(C)(C)C(=CC=Cc1oc2ccccc2[n+]1C)N3C.Cc1oc2ccccc2[n+]1C. The maximum Gasteiger partial charge on any atom is 0.373 e. The molecule has 0 atom stereocenters. The highest BCUT2D eigenvalue weighted by molar-refractivity contribution is 5.86. The first kappa shape index (κ1) is 63.6. The summed E-state index contributed by atoms with van der Waals surface area (Å²) >= 11 is 0. The van der Waals surface area contributed by atoms with E-state index < -0.39 is 11.9 Å². The van der Waals surface area contributed by atoms with Crippen LogP contribution in [0.15, 0.2) is 170 Å². The molecule has 8 aromatic rings. The van der Waals surface area contributed by atoms with Gasteiger partial charge in [0.25, 0.3) is 16.6 Å². The number of aryl methyl sites for hydroxylation is 4. The lowest BCUT2D eigenvalue weighted by Gasteiger charge is -2.25. The lowest BCUT2D eigenvalue weighted by Crippen LogP contribution is -2.29. The third-order valence-electron chi connectivity index (χ3n) is 17.6. The van der Waals surface area contributed by atoms with Crippen LogP contribution >= 0.6 is 0 Å².